The molecule has 0 atom stereocenters. The molecule has 0 bridgehead atoms. The molecule has 0 saturated carbocycles. The highest BCUT2D eigenvalue weighted by atomic mass is 19.1. The third-order valence-corrected chi connectivity index (χ3v) is 3.79. The molecular weight excluding hydrogens is 301 g/mol. The number of halogens is 3. The largest absolute Gasteiger partial charge is 0.376 e. The lowest BCUT2D eigenvalue weighted by molar-refractivity contribution is 0.121. The topological polar surface area (TPSA) is 20.2 Å². The van der Waals surface area contributed by atoms with Gasteiger partial charge in [0.15, 0.2) is 0 Å². The molecule has 0 amide bonds. The molecule has 1 nitrogen and oxygen atoms in total. The van der Waals surface area contributed by atoms with Crippen molar-refractivity contribution in [1.82, 2.24) is 0 Å². The Morgan fingerprint density at radius 1 is 0.609 bits per heavy atom. The van der Waals surface area contributed by atoms with Gasteiger partial charge in [0.25, 0.3) is 0 Å². The second-order valence-corrected chi connectivity index (χ2v) is 5.20. The highest BCUT2D eigenvalue weighted by Gasteiger charge is 2.36. The van der Waals surface area contributed by atoms with Gasteiger partial charge in [-0.1, -0.05) is 42.5 Å². The maximum Gasteiger partial charge on any atom is 0.143 e. The standard InChI is InChI=1S/C19H13F3O/c20-15-9-5-13(6-10-15)19(23,14-7-11-16(21)12-8-14)17-3-1-2-4-18(17)22/h1-12,23H. The summed E-state index contributed by atoms with van der Waals surface area (Å²) in [6.45, 7) is 0. The molecule has 0 aliphatic heterocycles. The summed E-state index contributed by atoms with van der Waals surface area (Å²) in [5.74, 6) is -1.55. The average molecular weight is 314 g/mol. The van der Waals surface area contributed by atoms with E-state index in [4.69, 9.17) is 0 Å². The monoisotopic (exact) mass is 314 g/mol. The molecule has 0 heterocycles. The first-order chi connectivity index (χ1) is 11.0. The van der Waals surface area contributed by atoms with E-state index < -0.39 is 23.1 Å². The van der Waals surface area contributed by atoms with Gasteiger partial charge in [0, 0.05) is 5.56 Å². The van der Waals surface area contributed by atoms with Gasteiger partial charge in [-0.2, -0.15) is 0 Å². The fourth-order valence-electron chi connectivity index (χ4n) is 2.61. The molecule has 23 heavy (non-hydrogen) atoms. The lowest BCUT2D eigenvalue weighted by Crippen LogP contribution is -2.30. The molecule has 3 rings (SSSR count). The molecule has 3 aromatic rings. The first-order valence-corrected chi connectivity index (χ1v) is 7.01. The van der Waals surface area contributed by atoms with Gasteiger partial charge < -0.3 is 5.11 Å². The van der Waals surface area contributed by atoms with Crippen LogP contribution >= 0.6 is 0 Å². The Bertz CT molecular complexity index is 765. The van der Waals surface area contributed by atoms with E-state index in [0.717, 1.165) is 0 Å². The molecule has 0 unspecified atom stereocenters. The molecular formula is C19H13F3O. The van der Waals surface area contributed by atoms with Crippen LogP contribution in [0, 0.1) is 17.5 Å². The van der Waals surface area contributed by atoms with Crippen molar-refractivity contribution in [1.29, 1.82) is 0 Å². The lowest BCUT2D eigenvalue weighted by atomic mass is 9.80. The first kappa shape index (κ1) is 15.3. The van der Waals surface area contributed by atoms with Crippen LogP contribution in [0.15, 0.2) is 72.8 Å². The fourth-order valence-corrected chi connectivity index (χ4v) is 2.61. The van der Waals surface area contributed by atoms with Gasteiger partial charge >= 0.3 is 0 Å². The summed E-state index contributed by atoms with van der Waals surface area (Å²) in [7, 11) is 0. The van der Waals surface area contributed by atoms with Crippen molar-refractivity contribution in [3.8, 4) is 0 Å². The summed E-state index contributed by atoms with van der Waals surface area (Å²) in [4.78, 5) is 0. The first-order valence-electron chi connectivity index (χ1n) is 7.01. The van der Waals surface area contributed by atoms with Crippen molar-refractivity contribution >= 4 is 0 Å². The van der Waals surface area contributed by atoms with Gasteiger partial charge in [-0.05, 0) is 41.5 Å². The minimum atomic E-state index is -1.85. The third kappa shape index (κ3) is 2.73. The predicted molar refractivity (Wildman–Crippen MR) is 81.3 cm³/mol. The average Bonchev–Trinajstić information content (AvgIpc) is 2.56. The second-order valence-electron chi connectivity index (χ2n) is 5.20. The summed E-state index contributed by atoms with van der Waals surface area (Å²) in [5.41, 5.74) is -1.27. The minimum absolute atomic E-state index is 0.0122. The lowest BCUT2D eigenvalue weighted by Gasteiger charge is -2.30. The van der Waals surface area contributed by atoms with E-state index in [9.17, 15) is 18.3 Å². The van der Waals surface area contributed by atoms with Crippen LogP contribution in [0.4, 0.5) is 13.2 Å². The molecule has 4 heteroatoms. The number of hydrogen-bond donors (Lipinski definition) is 1. The molecule has 116 valence electrons. The van der Waals surface area contributed by atoms with Crippen LogP contribution in [-0.2, 0) is 5.60 Å². The quantitative estimate of drug-likeness (QED) is 0.711. The molecule has 0 aliphatic rings. The third-order valence-electron chi connectivity index (χ3n) is 3.79. The van der Waals surface area contributed by atoms with Gasteiger partial charge in [0.2, 0.25) is 0 Å². The van der Waals surface area contributed by atoms with Gasteiger partial charge in [0.1, 0.15) is 23.1 Å². The fraction of sp³-hybridized carbons (Fsp3) is 0.0526. The molecule has 0 radical (unpaired) electrons. The SMILES string of the molecule is OC(c1ccc(F)cc1)(c1ccc(F)cc1)c1ccccc1F. The Kier molecular flexibility index (Phi) is 3.92. The molecule has 0 aliphatic carbocycles. The van der Waals surface area contributed by atoms with Crippen LogP contribution in [0.3, 0.4) is 0 Å². The summed E-state index contributed by atoms with van der Waals surface area (Å²) in [5, 5.41) is 11.3. The molecule has 0 spiro atoms. The highest BCUT2D eigenvalue weighted by molar-refractivity contribution is 5.47. The smallest absolute Gasteiger partial charge is 0.143 e. The van der Waals surface area contributed by atoms with Gasteiger partial charge in [-0.3, -0.25) is 0 Å². The summed E-state index contributed by atoms with van der Waals surface area (Å²) >= 11 is 0. The zero-order chi connectivity index (χ0) is 16.4. The van der Waals surface area contributed by atoms with Crippen molar-refractivity contribution in [2.75, 3.05) is 0 Å². The molecule has 0 saturated heterocycles. The van der Waals surface area contributed by atoms with E-state index in [0.29, 0.717) is 0 Å². The second kappa shape index (κ2) is 5.89. The van der Waals surface area contributed by atoms with Crippen LogP contribution in [0.25, 0.3) is 0 Å². The van der Waals surface area contributed by atoms with Crippen LogP contribution in [-0.4, -0.2) is 5.11 Å². The maximum atomic E-state index is 14.3. The normalized spacial score (nSPS) is 11.5. The van der Waals surface area contributed by atoms with E-state index in [1.54, 1.807) is 6.07 Å². The van der Waals surface area contributed by atoms with E-state index in [-0.39, 0.29) is 16.7 Å². The minimum Gasteiger partial charge on any atom is -0.376 e. The van der Waals surface area contributed by atoms with Gasteiger partial charge in [0.05, 0.1) is 0 Å². The van der Waals surface area contributed by atoms with E-state index in [1.165, 1.54) is 66.7 Å². The Hall–Kier alpha value is -2.59. The van der Waals surface area contributed by atoms with Gasteiger partial charge in [-0.25, -0.2) is 13.2 Å². The summed E-state index contributed by atoms with van der Waals surface area (Å²) in [6.07, 6.45) is 0. The Labute approximate surface area is 131 Å². The molecule has 3 aromatic carbocycles. The number of hydrogen-bond acceptors (Lipinski definition) is 1. The highest BCUT2D eigenvalue weighted by Crippen LogP contribution is 2.37. The summed E-state index contributed by atoms with van der Waals surface area (Å²) < 4.78 is 40.7. The van der Waals surface area contributed by atoms with E-state index >= 15 is 0 Å². The van der Waals surface area contributed by atoms with Crippen molar-refractivity contribution in [3.05, 3.63) is 107 Å². The molecule has 1 N–H and O–H groups in total. The zero-order valence-corrected chi connectivity index (χ0v) is 12.0. The maximum absolute atomic E-state index is 14.3. The van der Waals surface area contributed by atoms with Crippen molar-refractivity contribution in [2.45, 2.75) is 5.60 Å². The Morgan fingerprint density at radius 3 is 1.48 bits per heavy atom. The van der Waals surface area contributed by atoms with Crippen LogP contribution in [0.5, 0.6) is 0 Å². The summed E-state index contributed by atoms with van der Waals surface area (Å²) in [6, 6.07) is 16.0. The van der Waals surface area contributed by atoms with Gasteiger partial charge in [-0.15, -0.1) is 0 Å². The molecule has 0 fully saturated rings. The van der Waals surface area contributed by atoms with Crippen LogP contribution in [0.1, 0.15) is 16.7 Å². The predicted octanol–water partition coefficient (Wildman–Crippen LogP) is 4.39. The van der Waals surface area contributed by atoms with Crippen molar-refractivity contribution < 1.29 is 18.3 Å². The van der Waals surface area contributed by atoms with E-state index in [2.05, 4.69) is 0 Å². The van der Waals surface area contributed by atoms with Crippen LogP contribution < -0.4 is 0 Å². The van der Waals surface area contributed by atoms with Crippen LogP contribution in [0.2, 0.25) is 0 Å². The Balaban J connectivity index is 2.27. The molecule has 0 aromatic heterocycles. The Morgan fingerprint density at radius 2 is 1.04 bits per heavy atom. The van der Waals surface area contributed by atoms with Crippen molar-refractivity contribution in [2.24, 2.45) is 0 Å². The zero-order valence-electron chi connectivity index (χ0n) is 12.0. The van der Waals surface area contributed by atoms with E-state index in [1.807, 2.05) is 0 Å². The number of rotatable bonds is 3. The van der Waals surface area contributed by atoms with Crippen molar-refractivity contribution in [3.63, 3.8) is 0 Å². The number of aliphatic hydroxyl groups is 1. The number of benzene rings is 3.